The Labute approximate surface area is 139 Å². The second kappa shape index (κ2) is 10.7. The number of carbonyl (C=O) groups is 2. The molecule has 0 fully saturated rings. The Hall–Kier alpha value is -0.970. The predicted octanol–water partition coefficient (Wildman–Crippen LogP) is 3.81. The normalized spacial score (nSPS) is 14.3. The van der Waals surface area contributed by atoms with Crippen LogP contribution in [0.1, 0.15) is 52.9 Å². The largest absolute Gasteiger partial charge is 0.479 e. The van der Waals surface area contributed by atoms with Crippen LogP contribution in [0.4, 0.5) is 0 Å². The molecule has 4 nitrogen and oxygen atoms in total. The molecule has 0 saturated heterocycles. The Bertz CT molecular complexity index is 382. The van der Waals surface area contributed by atoms with Gasteiger partial charge in [0.05, 0.1) is 0 Å². The fourth-order valence-electron chi connectivity index (χ4n) is 2.58. The molecular weight excluding hydrogens is 298 g/mol. The maximum atomic E-state index is 12.4. The molecule has 0 aromatic carbocycles. The van der Waals surface area contributed by atoms with Crippen LogP contribution in [0.25, 0.3) is 0 Å². The molecule has 0 unspecified atom stereocenters. The molecule has 128 valence electrons. The number of carboxylic acid groups (broad SMARTS) is 1. The van der Waals surface area contributed by atoms with E-state index in [1.54, 1.807) is 18.8 Å². The second-order valence-electron chi connectivity index (χ2n) is 5.90. The number of carboxylic acids is 1. The molecule has 0 aliphatic rings. The van der Waals surface area contributed by atoms with Crippen molar-refractivity contribution in [3.63, 3.8) is 0 Å². The van der Waals surface area contributed by atoms with Gasteiger partial charge in [0.25, 0.3) is 0 Å². The summed E-state index contributed by atoms with van der Waals surface area (Å²) in [6.07, 6.45) is 9.75. The van der Waals surface area contributed by atoms with Gasteiger partial charge in [0.2, 0.25) is 5.91 Å². The SMILES string of the molecule is CCCC/C=C/CC(=O)N(C)[C@@](CCSC)(C(=O)O)C(C)C. The van der Waals surface area contributed by atoms with Crippen molar-refractivity contribution in [2.24, 2.45) is 5.92 Å². The van der Waals surface area contributed by atoms with Crippen LogP contribution < -0.4 is 0 Å². The van der Waals surface area contributed by atoms with Crippen LogP contribution in [-0.4, -0.2) is 46.5 Å². The molecule has 0 spiro atoms. The number of amides is 1. The molecule has 0 saturated carbocycles. The summed E-state index contributed by atoms with van der Waals surface area (Å²) in [5.41, 5.74) is -1.13. The number of aliphatic carboxylic acids is 1. The third-order valence-electron chi connectivity index (χ3n) is 4.17. The van der Waals surface area contributed by atoms with Gasteiger partial charge in [-0.25, -0.2) is 4.79 Å². The summed E-state index contributed by atoms with van der Waals surface area (Å²) in [6, 6.07) is 0. The lowest BCUT2D eigenvalue weighted by atomic mass is 9.82. The van der Waals surface area contributed by atoms with Gasteiger partial charge in [-0.05, 0) is 30.8 Å². The highest BCUT2D eigenvalue weighted by atomic mass is 32.2. The zero-order valence-electron chi connectivity index (χ0n) is 14.6. The first-order valence-electron chi connectivity index (χ1n) is 7.98. The van der Waals surface area contributed by atoms with Crippen molar-refractivity contribution in [2.75, 3.05) is 19.1 Å². The minimum absolute atomic E-state index is 0.134. The summed E-state index contributed by atoms with van der Waals surface area (Å²) in [7, 11) is 1.62. The van der Waals surface area contributed by atoms with Crippen LogP contribution in [0, 0.1) is 5.92 Å². The van der Waals surface area contributed by atoms with E-state index in [9.17, 15) is 14.7 Å². The zero-order chi connectivity index (χ0) is 17.2. The lowest BCUT2D eigenvalue weighted by Gasteiger charge is -2.41. The van der Waals surface area contributed by atoms with Crippen LogP contribution in [0.5, 0.6) is 0 Å². The average molecular weight is 330 g/mol. The number of hydrogen-bond donors (Lipinski definition) is 1. The summed E-state index contributed by atoms with van der Waals surface area (Å²) in [5, 5.41) is 9.76. The number of likely N-dealkylation sites (N-methyl/N-ethyl adjacent to an activating group) is 1. The molecule has 5 heteroatoms. The van der Waals surface area contributed by atoms with Crippen LogP contribution in [0.15, 0.2) is 12.2 Å². The molecule has 0 aliphatic heterocycles. The lowest BCUT2D eigenvalue weighted by Crippen LogP contribution is -2.59. The zero-order valence-corrected chi connectivity index (χ0v) is 15.4. The van der Waals surface area contributed by atoms with Gasteiger partial charge in [-0.15, -0.1) is 0 Å². The third-order valence-corrected chi connectivity index (χ3v) is 4.78. The molecular formula is C17H31NO3S. The number of unbranched alkanes of at least 4 members (excludes halogenated alkanes) is 2. The van der Waals surface area contributed by atoms with Crippen molar-refractivity contribution in [3.05, 3.63) is 12.2 Å². The van der Waals surface area contributed by atoms with Gasteiger partial charge in [-0.1, -0.05) is 45.8 Å². The molecule has 0 heterocycles. The van der Waals surface area contributed by atoms with Crippen molar-refractivity contribution >= 4 is 23.6 Å². The fraction of sp³-hybridized carbons (Fsp3) is 0.765. The van der Waals surface area contributed by atoms with E-state index < -0.39 is 11.5 Å². The first kappa shape index (κ1) is 21.0. The molecule has 0 rings (SSSR count). The molecule has 1 atom stereocenters. The maximum Gasteiger partial charge on any atom is 0.329 e. The molecule has 0 aromatic rings. The van der Waals surface area contributed by atoms with Gasteiger partial charge in [-0.2, -0.15) is 11.8 Å². The van der Waals surface area contributed by atoms with E-state index in [1.165, 1.54) is 4.90 Å². The first-order chi connectivity index (χ1) is 10.3. The van der Waals surface area contributed by atoms with E-state index >= 15 is 0 Å². The van der Waals surface area contributed by atoms with Crippen molar-refractivity contribution in [2.45, 2.75) is 58.4 Å². The van der Waals surface area contributed by atoms with Crippen molar-refractivity contribution < 1.29 is 14.7 Å². The molecule has 22 heavy (non-hydrogen) atoms. The van der Waals surface area contributed by atoms with Gasteiger partial charge < -0.3 is 10.0 Å². The highest BCUT2D eigenvalue weighted by molar-refractivity contribution is 7.98. The van der Waals surface area contributed by atoms with Gasteiger partial charge in [0.1, 0.15) is 5.54 Å². The number of rotatable bonds is 11. The minimum Gasteiger partial charge on any atom is -0.479 e. The lowest BCUT2D eigenvalue weighted by molar-refractivity contribution is -0.161. The molecule has 1 N–H and O–H groups in total. The minimum atomic E-state index is -1.13. The highest BCUT2D eigenvalue weighted by Gasteiger charge is 2.46. The van der Waals surface area contributed by atoms with Gasteiger partial charge >= 0.3 is 5.97 Å². The van der Waals surface area contributed by atoms with E-state index in [4.69, 9.17) is 0 Å². The smallest absolute Gasteiger partial charge is 0.329 e. The summed E-state index contributed by atoms with van der Waals surface area (Å²) in [4.78, 5) is 25.8. The maximum absolute atomic E-state index is 12.4. The molecule has 0 aliphatic carbocycles. The first-order valence-corrected chi connectivity index (χ1v) is 9.37. The number of hydrogen-bond acceptors (Lipinski definition) is 3. The van der Waals surface area contributed by atoms with Crippen LogP contribution in [-0.2, 0) is 9.59 Å². The number of thioether (sulfide) groups is 1. The van der Waals surface area contributed by atoms with E-state index in [0.717, 1.165) is 19.3 Å². The van der Waals surface area contributed by atoms with Gasteiger partial charge in [-0.3, -0.25) is 4.79 Å². The summed E-state index contributed by atoms with van der Waals surface area (Å²) in [5.74, 6) is -0.475. The third kappa shape index (κ3) is 5.67. The Morgan fingerprint density at radius 2 is 1.95 bits per heavy atom. The highest BCUT2D eigenvalue weighted by Crippen LogP contribution is 2.30. The van der Waals surface area contributed by atoms with Crippen LogP contribution in [0.2, 0.25) is 0 Å². The Balaban J connectivity index is 5.01. The van der Waals surface area contributed by atoms with E-state index in [0.29, 0.717) is 12.2 Å². The molecule has 0 radical (unpaired) electrons. The van der Waals surface area contributed by atoms with Crippen molar-refractivity contribution in [1.29, 1.82) is 0 Å². The Morgan fingerprint density at radius 1 is 1.32 bits per heavy atom. The molecule has 0 aromatic heterocycles. The van der Waals surface area contributed by atoms with Gasteiger partial charge in [0, 0.05) is 13.5 Å². The predicted molar refractivity (Wildman–Crippen MR) is 94.3 cm³/mol. The Morgan fingerprint density at radius 3 is 2.41 bits per heavy atom. The van der Waals surface area contributed by atoms with Crippen LogP contribution in [0.3, 0.4) is 0 Å². The standard InChI is InChI=1S/C17H31NO3S/c1-6-7-8-9-10-11-15(19)18(4)17(14(2)3,16(20)21)12-13-22-5/h9-10,14H,6-8,11-13H2,1-5H3,(H,20,21)/b10-9+/t17-/m1/s1. The van der Waals surface area contributed by atoms with Crippen molar-refractivity contribution in [1.82, 2.24) is 4.90 Å². The topological polar surface area (TPSA) is 57.6 Å². The van der Waals surface area contributed by atoms with E-state index in [2.05, 4.69) is 6.92 Å². The fourth-order valence-corrected chi connectivity index (χ4v) is 3.10. The summed E-state index contributed by atoms with van der Waals surface area (Å²) >= 11 is 1.60. The van der Waals surface area contributed by atoms with Crippen molar-refractivity contribution in [3.8, 4) is 0 Å². The molecule has 1 amide bonds. The summed E-state index contributed by atoms with van der Waals surface area (Å²) < 4.78 is 0. The van der Waals surface area contributed by atoms with Crippen LogP contribution >= 0.6 is 11.8 Å². The van der Waals surface area contributed by atoms with Gasteiger partial charge in [0.15, 0.2) is 0 Å². The number of carbonyl (C=O) groups excluding carboxylic acids is 1. The molecule has 0 bridgehead atoms. The summed E-state index contributed by atoms with van der Waals surface area (Å²) in [6.45, 7) is 5.87. The van der Waals surface area contributed by atoms with E-state index in [1.807, 2.05) is 32.3 Å². The quantitative estimate of drug-likeness (QED) is 0.462. The number of allylic oxidation sites excluding steroid dienone is 1. The average Bonchev–Trinajstić information content (AvgIpc) is 2.46. The monoisotopic (exact) mass is 329 g/mol. The van der Waals surface area contributed by atoms with E-state index in [-0.39, 0.29) is 18.2 Å². The second-order valence-corrected chi connectivity index (χ2v) is 6.88. The Kier molecular flexibility index (Phi) is 10.2. The number of nitrogens with zero attached hydrogens (tertiary/aromatic N) is 1.